The second-order valence-corrected chi connectivity index (χ2v) is 12.6. The van der Waals surface area contributed by atoms with Crippen molar-refractivity contribution in [3.05, 3.63) is 72.0 Å². The van der Waals surface area contributed by atoms with E-state index in [0.717, 1.165) is 5.69 Å². The van der Waals surface area contributed by atoms with Gasteiger partial charge in [-0.1, -0.05) is 17.4 Å². The van der Waals surface area contributed by atoms with E-state index in [2.05, 4.69) is 26.5 Å². The van der Waals surface area contributed by atoms with Gasteiger partial charge in [0.1, 0.15) is 28.6 Å². The minimum Gasteiger partial charge on any atom is -0.479 e. The van der Waals surface area contributed by atoms with Gasteiger partial charge in [0, 0.05) is 50.8 Å². The van der Waals surface area contributed by atoms with Crippen molar-refractivity contribution in [3.8, 4) is 23.1 Å². The van der Waals surface area contributed by atoms with Crippen molar-refractivity contribution in [2.75, 3.05) is 60.5 Å². The number of pyridine rings is 2. The number of likely N-dealkylation sites (N-methyl/N-ethyl adjacent to an activating group) is 1. The monoisotopic (exact) mass is 668 g/mol. The molecule has 1 atom stereocenters. The zero-order valence-electron chi connectivity index (χ0n) is 28.1. The fourth-order valence-corrected chi connectivity index (χ4v) is 6.40. The van der Waals surface area contributed by atoms with E-state index in [1.807, 2.05) is 47.6 Å². The molecule has 4 aromatic rings. The molecule has 0 radical (unpaired) electrons. The lowest BCUT2D eigenvalue weighted by atomic mass is 9.90. The van der Waals surface area contributed by atoms with Gasteiger partial charge >= 0.3 is 0 Å². The van der Waals surface area contributed by atoms with Crippen LogP contribution in [0.5, 0.6) is 5.75 Å². The van der Waals surface area contributed by atoms with Gasteiger partial charge in [-0.2, -0.15) is 10.4 Å². The first-order valence-corrected chi connectivity index (χ1v) is 16.1. The molecule has 6 rings (SSSR count). The molecular formula is C34H40N10O5. The zero-order valence-corrected chi connectivity index (χ0v) is 28.1. The molecule has 2 saturated heterocycles. The number of ether oxygens (including phenoxy) is 2. The molecule has 1 unspecified atom stereocenters. The number of aromatic nitrogens is 6. The number of piperidine rings is 1. The number of aliphatic hydroxyl groups is 1. The van der Waals surface area contributed by atoms with E-state index in [1.54, 1.807) is 46.1 Å². The molecule has 0 bridgehead atoms. The van der Waals surface area contributed by atoms with Gasteiger partial charge in [-0.05, 0) is 52.1 Å². The zero-order chi connectivity index (χ0) is 34.7. The van der Waals surface area contributed by atoms with Gasteiger partial charge in [0.15, 0.2) is 11.7 Å². The normalized spacial score (nSPS) is 17.0. The maximum absolute atomic E-state index is 13.6. The van der Waals surface area contributed by atoms with Crippen LogP contribution in [0.3, 0.4) is 0 Å². The van der Waals surface area contributed by atoms with Crippen LogP contribution in [0.2, 0.25) is 0 Å². The molecule has 15 heteroatoms. The number of hydrogen-bond acceptors (Lipinski definition) is 11. The van der Waals surface area contributed by atoms with Gasteiger partial charge in [0.05, 0.1) is 43.3 Å². The maximum Gasteiger partial charge on any atom is 0.258 e. The number of rotatable bonds is 11. The van der Waals surface area contributed by atoms with E-state index in [4.69, 9.17) is 9.47 Å². The average molecular weight is 669 g/mol. The van der Waals surface area contributed by atoms with Crippen LogP contribution in [-0.2, 0) is 14.3 Å². The molecule has 2 aliphatic heterocycles. The second-order valence-electron chi connectivity index (χ2n) is 12.6. The van der Waals surface area contributed by atoms with Crippen molar-refractivity contribution in [1.82, 2.24) is 44.3 Å². The van der Waals surface area contributed by atoms with E-state index in [1.165, 1.54) is 13.3 Å². The summed E-state index contributed by atoms with van der Waals surface area (Å²) in [6, 6.07) is 9.31. The predicted molar refractivity (Wildman–Crippen MR) is 177 cm³/mol. The summed E-state index contributed by atoms with van der Waals surface area (Å²) >= 11 is 0. The predicted octanol–water partition coefficient (Wildman–Crippen LogP) is 1.79. The fourth-order valence-electron chi connectivity index (χ4n) is 6.40. The van der Waals surface area contributed by atoms with Crippen LogP contribution in [-0.4, -0.2) is 127 Å². The van der Waals surface area contributed by atoms with E-state index >= 15 is 0 Å². The van der Waals surface area contributed by atoms with Crippen LogP contribution in [0, 0.1) is 18.3 Å². The van der Waals surface area contributed by atoms with Crippen molar-refractivity contribution in [3.63, 3.8) is 0 Å². The Balaban J connectivity index is 1.16. The highest BCUT2D eigenvalue weighted by atomic mass is 16.5. The molecule has 15 nitrogen and oxygen atoms in total. The summed E-state index contributed by atoms with van der Waals surface area (Å²) < 4.78 is 15.4. The van der Waals surface area contributed by atoms with E-state index in [0.29, 0.717) is 66.3 Å². The Morgan fingerprint density at radius 1 is 1.22 bits per heavy atom. The van der Waals surface area contributed by atoms with Gasteiger partial charge in [0.2, 0.25) is 5.91 Å². The van der Waals surface area contributed by atoms with Crippen LogP contribution in [0.4, 0.5) is 0 Å². The molecule has 6 heterocycles. The quantitative estimate of drug-likeness (QED) is 0.232. The minimum atomic E-state index is -1.03. The molecule has 0 aliphatic carbocycles. The summed E-state index contributed by atoms with van der Waals surface area (Å²) in [6.45, 7) is 3.76. The lowest BCUT2D eigenvalue weighted by Gasteiger charge is -2.49. The molecule has 0 spiro atoms. The number of aliphatic hydroxyl groups excluding tert-OH is 1. The van der Waals surface area contributed by atoms with Crippen LogP contribution < -0.4 is 4.74 Å². The summed E-state index contributed by atoms with van der Waals surface area (Å²) in [6.07, 6.45) is 8.80. The number of amides is 2. The Morgan fingerprint density at radius 2 is 2.00 bits per heavy atom. The molecular weight excluding hydrogens is 628 g/mol. The third-order valence-corrected chi connectivity index (χ3v) is 9.16. The molecule has 256 valence electrons. The third kappa shape index (κ3) is 6.62. The van der Waals surface area contributed by atoms with Gasteiger partial charge < -0.3 is 29.3 Å². The maximum atomic E-state index is 13.6. The van der Waals surface area contributed by atoms with Crippen molar-refractivity contribution < 1.29 is 24.2 Å². The SMILES string of the molecule is COC1(C(=O)N2CCC(n3nnc(-c4cc(OC(CO)c5ccccn5)c5c(C#N)cnn5c4)c3C)CC2)CN(C(=O)/C=C/CN(C)C)C1. The number of nitrogens with zero attached hydrogens (tertiary/aromatic N) is 10. The number of hydrogen-bond donors (Lipinski definition) is 1. The first-order valence-electron chi connectivity index (χ1n) is 16.1. The fraction of sp³-hybridized carbons (Fsp3) is 0.441. The van der Waals surface area contributed by atoms with E-state index in [9.17, 15) is 20.0 Å². The van der Waals surface area contributed by atoms with Gasteiger partial charge in [0.25, 0.3) is 5.91 Å². The number of carbonyl (C=O) groups is 2. The number of likely N-dealkylation sites (tertiary alicyclic amines) is 2. The highest BCUT2D eigenvalue weighted by Gasteiger charge is 2.53. The summed E-state index contributed by atoms with van der Waals surface area (Å²) in [4.78, 5) is 35.9. The molecule has 2 fully saturated rings. The summed E-state index contributed by atoms with van der Waals surface area (Å²) in [5.41, 5.74) is 2.43. The molecule has 0 aromatic carbocycles. The highest BCUT2D eigenvalue weighted by molar-refractivity contribution is 5.93. The highest BCUT2D eigenvalue weighted by Crippen LogP contribution is 2.35. The van der Waals surface area contributed by atoms with Crippen LogP contribution in [0.25, 0.3) is 16.8 Å². The third-order valence-electron chi connectivity index (χ3n) is 9.16. The van der Waals surface area contributed by atoms with Gasteiger partial charge in [-0.15, -0.1) is 5.10 Å². The number of nitriles is 1. The van der Waals surface area contributed by atoms with E-state index < -0.39 is 11.7 Å². The van der Waals surface area contributed by atoms with Gasteiger partial charge in [-0.25, -0.2) is 9.20 Å². The van der Waals surface area contributed by atoms with Crippen molar-refractivity contribution in [2.24, 2.45) is 0 Å². The smallest absolute Gasteiger partial charge is 0.258 e. The van der Waals surface area contributed by atoms with E-state index in [-0.39, 0.29) is 37.6 Å². The second kappa shape index (κ2) is 14.1. The molecule has 2 aliphatic rings. The van der Waals surface area contributed by atoms with Crippen LogP contribution >= 0.6 is 0 Å². The largest absolute Gasteiger partial charge is 0.479 e. The molecule has 4 aromatic heterocycles. The van der Waals surface area contributed by atoms with Crippen molar-refractivity contribution in [2.45, 2.75) is 37.5 Å². The lowest BCUT2D eigenvalue weighted by molar-refractivity contribution is -0.182. The van der Waals surface area contributed by atoms with Crippen LogP contribution in [0.15, 0.2) is 55.0 Å². The Labute approximate surface area is 283 Å². The summed E-state index contributed by atoms with van der Waals surface area (Å²) in [7, 11) is 5.38. The number of carbonyl (C=O) groups excluding carboxylic acids is 2. The number of fused-ring (bicyclic) bond motifs is 1. The molecule has 49 heavy (non-hydrogen) atoms. The summed E-state index contributed by atoms with van der Waals surface area (Å²) in [5.74, 6) is 0.121. The first kappa shape index (κ1) is 33.7. The Hall–Kier alpha value is -5.17. The number of methoxy groups -OCH3 is 1. The Bertz CT molecular complexity index is 1880. The van der Waals surface area contributed by atoms with Crippen molar-refractivity contribution in [1.29, 1.82) is 5.26 Å². The summed E-state index contributed by atoms with van der Waals surface area (Å²) in [5, 5.41) is 33.3. The first-order chi connectivity index (χ1) is 23.7. The standard InChI is InChI=1S/C34H40N10O5/c1-23-31(24-16-28(32-25(17-35)18-37-43(32)19-24)49-29(20-45)27-8-5-6-12-36-27)38-39-44(23)26-10-14-41(15-11-26)33(47)34(48-4)21-42(22-34)30(46)9-7-13-40(2)3/h5-9,12,16,18-19,26,29,45H,10-11,13-15,20-22H2,1-4H3/b9-7+. The molecule has 2 amide bonds. The average Bonchev–Trinajstić information content (AvgIpc) is 3.70. The molecule has 1 N–H and O–H groups in total. The Kier molecular flexibility index (Phi) is 9.72. The lowest BCUT2D eigenvalue weighted by Crippen LogP contribution is -2.71. The molecule has 0 saturated carbocycles. The Morgan fingerprint density at radius 3 is 2.65 bits per heavy atom. The minimum absolute atomic E-state index is 0.0161. The van der Waals surface area contributed by atoms with Crippen LogP contribution in [0.1, 0.15) is 41.9 Å². The van der Waals surface area contributed by atoms with Gasteiger partial charge in [-0.3, -0.25) is 14.6 Å². The van der Waals surface area contributed by atoms with Crippen molar-refractivity contribution >= 4 is 17.3 Å². The topological polar surface area (TPSA) is 167 Å².